The van der Waals surface area contributed by atoms with Crippen LogP contribution in [-0.2, 0) is 14.3 Å². The summed E-state index contributed by atoms with van der Waals surface area (Å²) < 4.78 is 19.3. The average molecular weight is 271 g/mol. The van der Waals surface area contributed by atoms with Gasteiger partial charge in [0.2, 0.25) is 5.75 Å². The molecule has 0 aliphatic carbocycles. The van der Waals surface area contributed by atoms with Crippen LogP contribution in [0.2, 0.25) is 0 Å². The van der Waals surface area contributed by atoms with Crippen LogP contribution in [0.1, 0.15) is 0 Å². The number of hydrogen-bond donors (Lipinski definition) is 0. The number of carbonyl (C=O) groups is 1. The van der Waals surface area contributed by atoms with Gasteiger partial charge in [0, 0.05) is 19.2 Å². The number of ether oxygens (including phenoxy) is 4. The molecule has 0 bridgehead atoms. The predicted molar refractivity (Wildman–Crippen MR) is 63.1 cm³/mol. The van der Waals surface area contributed by atoms with E-state index in [2.05, 4.69) is 4.74 Å². The molecule has 0 saturated carbocycles. The summed E-state index contributed by atoms with van der Waals surface area (Å²) >= 11 is 0. The van der Waals surface area contributed by atoms with Gasteiger partial charge < -0.3 is 18.9 Å². The van der Waals surface area contributed by atoms with E-state index in [0.717, 1.165) is 7.11 Å². The van der Waals surface area contributed by atoms with Gasteiger partial charge in [-0.05, 0) is 6.07 Å². The molecule has 0 amide bonds. The number of nitro groups is 1. The fourth-order valence-corrected chi connectivity index (χ4v) is 1.27. The Morgan fingerprint density at radius 1 is 1.32 bits per heavy atom. The molecule has 0 aliphatic rings. The Kier molecular flexibility index (Phi) is 5.07. The summed E-state index contributed by atoms with van der Waals surface area (Å²) in [4.78, 5) is 21.5. The van der Waals surface area contributed by atoms with Gasteiger partial charge in [-0.15, -0.1) is 0 Å². The lowest BCUT2D eigenvalue weighted by atomic mass is 10.3. The number of hydrogen-bond acceptors (Lipinski definition) is 7. The smallest absolute Gasteiger partial charge is 0.376 e. The van der Waals surface area contributed by atoms with E-state index < -0.39 is 17.2 Å². The maximum Gasteiger partial charge on any atom is 0.376 e. The highest BCUT2D eigenvalue weighted by molar-refractivity contribution is 5.73. The van der Waals surface area contributed by atoms with Gasteiger partial charge in [-0.1, -0.05) is 0 Å². The molecule has 0 radical (unpaired) electrons. The van der Waals surface area contributed by atoms with E-state index >= 15 is 0 Å². The molecule has 8 heteroatoms. The molecule has 19 heavy (non-hydrogen) atoms. The van der Waals surface area contributed by atoms with E-state index in [4.69, 9.17) is 14.2 Å². The minimum absolute atomic E-state index is 0.151. The van der Waals surface area contributed by atoms with Crippen molar-refractivity contribution in [3.63, 3.8) is 0 Å². The van der Waals surface area contributed by atoms with Gasteiger partial charge in [-0.25, -0.2) is 4.79 Å². The molecule has 0 unspecified atom stereocenters. The van der Waals surface area contributed by atoms with E-state index in [0.29, 0.717) is 5.75 Å². The lowest BCUT2D eigenvalue weighted by Crippen LogP contribution is -2.30. The summed E-state index contributed by atoms with van der Waals surface area (Å²) in [5, 5.41) is 10.9. The standard InChI is InChI=1S/C11H13NO7/c1-16-7-4-5-8(12(14)15)9(6-7)19-11(18-3)10(13)17-2/h4-6,11H,1-3H3/t11-/m1/s1. The molecule has 8 nitrogen and oxygen atoms in total. The molecule has 1 aromatic rings. The second-order valence-electron chi connectivity index (χ2n) is 3.30. The van der Waals surface area contributed by atoms with E-state index in [9.17, 15) is 14.9 Å². The summed E-state index contributed by atoms with van der Waals surface area (Å²) in [6, 6.07) is 3.90. The van der Waals surface area contributed by atoms with Crippen LogP contribution in [-0.4, -0.2) is 38.5 Å². The molecule has 1 atom stereocenters. The largest absolute Gasteiger partial charge is 0.497 e. The molecule has 0 aromatic heterocycles. The van der Waals surface area contributed by atoms with Gasteiger partial charge in [0.15, 0.2) is 0 Å². The molecule has 1 aromatic carbocycles. The van der Waals surface area contributed by atoms with E-state index in [1.807, 2.05) is 0 Å². The average Bonchev–Trinajstić information content (AvgIpc) is 2.43. The second-order valence-corrected chi connectivity index (χ2v) is 3.30. The lowest BCUT2D eigenvalue weighted by molar-refractivity contribution is -0.386. The van der Waals surface area contributed by atoms with Crippen molar-refractivity contribution in [3.05, 3.63) is 28.3 Å². The van der Waals surface area contributed by atoms with Crippen LogP contribution < -0.4 is 9.47 Å². The number of carbonyl (C=O) groups excluding carboxylic acids is 1. The highest BCUT2D eigenvalue weighted by Gasteiger charge is 2.25. The monoisotopic (exact) mass is 271 g/mol. The molecule has 1 rings (SSSR count). The summed E-state index contributed by atoms with van der Waals surface area (Å²) in [6.07, 6.45) is -1.39. The molecule has 0 saturated heterocycles. The zero-order valence-electron chi connectivity index (χ0n) is 10.6. The Morgan fingerprint density at radius 2 is 2.00 bits per heavy atom. The van der Waals surface area contributed by atoms with Crippen LogP contribution in [0.4, 0.5) is 5.69 Å². The van der Waals surface area contributed by atoms with Gasteiger partial charge >= 0.3 is 11.7 Å². The van der Waals surface area contributed by atoms with Gasteiger partial charge in [0.25, 0.3) is 6.29 Å². The fraction of sp³-hybridized carbons (Fsp3) is 0.364. The van der Waals surface area contributed by atoms with Crippen molar-refractivity contribution in [2.45, 2.75) is 6.29 Å². The topological polar surface area (TPSA) is 97.1 Å². The third-order valence-corrected chi connectivity index (χ3v) is 2.21. The Bertz CT molecular complexity index is 474. The number of rotatable bonds is 6. The lowest BCUT2D eigenvalue weighted by Gasteiger charge is -2.15. The SMILES string of the molecule is COC(=O)[C@H](OC)Oc1cc(OC)ccc1[N+](=O)[O-]. The third-order valence-electron chi connectivity index (χ3n) is 2.21. The maximum atomic E-state index is 11.3. The first-order chi connectivity index (χ1) is 9.03. The number of nitro benzene ring substituents is 1. The minimum Gasteiger partial charge on any atom is -0.497 e. The molecule has 0 aliphatic heterocycles. The van der Waals surface area contributed by atoms with Crippen molar-refractivity contribution in [2.24, 2.45) is 0 Å². The Hall–Kier alpha value is -2.35. The summed E-state index contributed by atoms with van der Waals surface area (Å²) in [5.41, 5.74) is -0.313. The molecular formula is C11H13NO7. The van der Waals surface area contributed by atoms with Crippen LogP contribution >= 0.6 is 0 Å². The summed E-state index contributed by atoms with van der Waals surface area (Å²) in [6.45, 7) is 0. The summed E-state index contributed by atoms with van der Waals surface area (Å²) in [5.74, 6) is -0.610. The molecular weight excluding hydrogens is 258 g/mol. The minimum atomic E-state index is -1.39. The quantitative estimate of drug-likeness (QED) is 0.331. The van der Waals surface area contributed by atoms with E-state index in [-0.39, 0.29) is 11.4 Å². The number of methoxy groups -OCH3 is 3. The highest BCUT2D eigenvalue weighted by Crippen LogP contribution is 2.31. The highest BCUT2D eigenvalue weighted by atomic mass is 16.7. The van der Waals surface area contributed by atoms with Crippen molar-refractivity contribution >= 4 is 11.7 Å². The van der Waals surface area contributed by atoms with Crippen LogP contribution in [0.3, 0.4) is 0 Å². The zero-order valence-corrected chi connectivity index (χ0v) is 10.6. The third kappa shape index (κ3) is 3.55. The number of esters is 1. The van der Waals surface area contributed by atoms with Gasteiger partial charge in [-0.2, -0.15) is 0 Å². The predicted octanol–water partition coefficient (Wildman–Crippen LogP) is 1.13. The Labute approximate surface area is 109 Å². The fourth-order valence-electron chi connectivity index (χ4n) is 1.27. The number of benzene rings is 1. The van der Waals surface area contributed by atoms with E-state index in [1.165, 1.54) is 32.4 Å². The van der Waals surface area contributed by atoms with Crippen molar-refractivity contribution in [3.8, 4) is 11.5 Å². The van der Waals surface area contributed by atoms with Gasteiger partial charge in [-0.3, -0.25) is 10.1 Å². The van der Waals surface area contributed by atoms with Crippen molar-refractivity contribution in [2.75, 3.05) is 21.3 Å². The molecule has 104 valence electrons. The van der Waals surface area contributed by atoms with E-state index in [1.54, 1.807) is 0 Å². The van der Waals surface area contributed by atoms with Crippen LogP contribution in [0.5, 0.6) is 11.5 Å². The van der Waals surface area contributed by atoms with Crippen LogP contribution in [0, 0.1) is 10.1 Å². The van der Waals surface area contributed by atoms with Gasteiger partial charge in [0.05, 0.1) is 19.1 Å². The van der Waals surface area contributed by atoms with Crippen molar-refractivity contribution in [1.29, 1.82) is 0 Å². The Balaban J connectivity index is 3.08. The van der Waals surface area contributed by atoms with Crippen LogP contribution in [0.15, 0.2) is 18.2 Å². The first-order valence-corrected chi connectivity index (χ1v) is 5.13. The molecule has 0 fully saturated rings. The summed E-state index contributed by atoms with van der Waals surface area (Å²) in [7, 11) is 3.77. The number of nitrogens with zero attached hydrogens (tertiary/aromatic N) is 1. The molecule has 0 heterocycles. The first-order valence-electron chi connectivity index (χ1n) is 5.13. The maximum absolute atomic E-state index is 11.3. The zero-order chi connectivity index (χ0) is 14.4. The Morgan fingerprint density at radius 3 is 2.47 bits per heavy atom. The normalized spacial score (nSPS) is 11.5. The first kappa shape index (κ1) is 14.7. The molecule has 0 N–H and O–H groups in total. The van der Waals surface area contributed by atoms with Gasteiger partial charge in [0.1, 0.15) is 5.75 Å². The van der Waals surface area contributed by atoms with Crippen molar-refractivity contribution in [1.82, 2.24) is 0 Å². The van der Waals surface area contributed by atoms with Crippen LogP contribution in [0.25, 0.3) is 0 Å². The molecule has 0 spiro atoms. The van der Waals surface area contributed by atoms with Crippen molar-refractivity contribution < 1.29 is 28.7 Å². The second kappa shape index (κ2) is 6.55.